The Morgan fingerprint density at radius 2 is 2.00 bits per heavy atom. The Morgan fingerprint density at radius 3 is 2.62 bits per heavy atom. The molecule has 1 aromatic carbocycles. The predicted octanol–water partition coefficient (Wildman–Crippen LogP) is 2.52. The normalized spacial score (nSPS) is 22.6. The number of hydrogen-bond acceptors (Lipinski definition) is 3. The number of rotatable bonds is 4. The summed E-state index contributed by atoms with van der Waals surface area (Å²) in [5.74, 6) is 0.360. The van der Waals surface area contributed by atoms with Gasteiger partial charge < -0.3 is 5.73 Å². The number of sulfonamides is 1. The van der Waals surface area contributed by atoms with Crippen LogP contribution in [0, 0.1) is 19.8 Å². The van der Waals surface area contributed by atoms with E-state index >= 15 is 0 Å². The first-order chi connectivity index (χ1) is 9.38. The van der Waals surface area contributed by atoms with Gasteiger partial charge in [-0.15, -0.1) is 12.4 Å². The van der Waals surface area contributed by atoms with E-state index in [1.54, 1.807) is 6.07 Å². The molecule has 2 atom stereocenters. The lowest BCUT2D eigenvalue weighted by Gasteiger charge is -2.26. The first kappa shape index (κ1) is 18.4. The van der Waals surface area contributed by atoms with E-state index in [1.807, 2.05) is 26.0 Å². The molecule has 2 rings (SSSR count). The minimum absolute atomic E-state index is 0. The SMILES string of the molecule is Cc1ccc(S(=O)(=O)NCC2CCCC(N)C2)c(C)c1.Cl. The van der Waals surface area contributed by atoms with Crippen LogP contribution in [0.2, 0.25) is 0 Å². The van der Waals surface area contributed by atoms with Gasteiger partial charge in [0.2, 0.25) is 10.0 Å². The zero-order valence-corrected chi connectivity index (χ0v) is 14.3. The monoisotopic (exact) mass is 332 g/mol. The van der Waals surface area contributed by atoms with Crippen molar-refractivity contribution < 1.29 is 8.42 Å². The molecule has 0 aliphatic heterocycles. The molecule has 1 fully saturated rings. The number of aryl methyl sites for hydroxylation is 2. The Bertz CT molecular complexity index is 575. The van der Waals surface area contributed by atoms with Crippen LogP contribution in [0.1, 0.15) is 36.8 Å². The molecule has 0 bridgehead atoms. The van der Waals surface area contributed by atoms with Crippen LogP contribution in [0.5, 0.6) is 0 Å². The van der Waals surface area contributed by atoms with Crippen molar-refractivity contribution in [3.05, 3.63) is 29.3 Å². The van der Waals surface area contributed by atoms with E-state index < -0.39 is 10.0 Å². The fourth-order valence-electron chi connectivity index (χ4n) is 2.92. The molecule has 0 heterocycles. The van der Waals surface area contributed by atoms with Crippen molar-refractivity contribution in [1.82, 2.24) is 4.72 Å². The predicted molar refractivity (Wildman–Crippen MR) is 88.3 cm³/mol. The van der Waals surface area contributed by atoms with Crippen LogP contribution in [0.15, 0.2) is 23.1 Å². The van der Waals surface area contributed by atoms with Gasteiger partial charge in [-0.05, 0) is 50.7 Å². The zero-order chi connectivity index (χ0) is 14.8. The Morgan fingerprint density at radius 1 is 1.29 bits per heavy atom. The van der Waals surface area contributed by atoms with E-state index in [0.717, 1.165) is 36.8 Å². The zero-order valence-electron chi connectivity index (χ0n) is 12.6. The lowest BCUT2D eigenvalue weighted by molar-refractivity contribution is 0.322. The van der Waals surface area contributed by atoms with E-state index in [-0.39, 0.29) is 18.4 Å². The van der Waals surface area contributed by atoms with Gasteiger partial charge in [0.05, 0.1) is 4.90 Å². The third-order valence-electron chi connectivity index (χ3n) is 4.01. The molecule has 0 aromatic heterocycles. The van der Waals surface area contributed by atoms with Crippen molar-refractivity contribution >= 4 is 22.4 Å². The maximum Gasteiger partial charge on any atom is 0.240 e. The summed E-state index contributed by atoms with van der Waals surface area (Å²) in [5.41, 5.74) is 7.80. The van der Waals surface area contributed by atoms with Gasteiger partial charge in [0.15, 0.2) is 0 Å². The van der Waals surface area contributed by atoms with Crippen molar-refractivity contribution in [3.8, 4) is 0 Å². The topological polar surface area (TPSA) is 72.2 Å². The average molecular weight is 333 g/mol. The average Bonchev–Trinajstić information content (AvgIpc) is 2.36. The molecule has 3 N–H and O–H groups in total. The summed E-state index contributed by atoms with van der Waals surface area (Å²) >= 11 is 0. The van der Waals surface area contributed by atoms with Crippen molar-refractivity contribution in [2.45, 2.75) is 50.5 Å². The fourth-order valence-corrected chi connectivity index (χ4v) is 4.26. The molecule has 1 aliphatic carbocycles. The highest BCUT2D eigenvalue weighted by Gasteiger charge is 2.22. The van der Waals surface area contributed by atoms with Crippen molar-refractivity contribution in [3.63, 3.8) is 0 Å². The summed E-state index contributed by atoms with van der Waals surface area (Å²) in [4.78, 5) is 0.378. The third-order valence-corrected chi connectivity index (χ3v) is 5.59. The molecule has 0 saturated heterocycles. The Kier molecular flexibility index (Phi) is 6.66. The Balaban J connectivity index is 0.00000220. The van der Waals surface area contributed by atoms with Gasteiger partial charge in [-0.25, -0.2) is 13.1 Å². The number of nitrogens with one attached hydrogen (secondary N) is 1. The first-order valence-corrected chi connectivity index (χ1v) is 8.69. The molecule has 0 spiro atoms. The lowest BCUT2D eigenvalue weighted by Crippen LogP contribution is -2.35. The van der Waals surface area contributed by atoms with Crippen LogP contribution in [-0.2, 0) is 10.0 Å². The molecule has 0 amide bonds. The summed E-state index contributed by atoms with van der Waals surface area (Å²) in [6, 6.07) is 5.63. The van der Waals surface area contributed by atoms with Gasteiger partial charge in [-0.3, -0.25) is 0 Å². The van der Waals surface area contributed by atoms with E-state index in [9.17, 15) is 8.42 Å². The number of nitrogens with two attached hydrogens (primary N) is 1. The summed E-state index contributed by atoms with van der Waals surface area (Å²) in [7, 11) is -3.42. The van der Waals surface area contributed by atoms with E-state index in [2.05, 4.69) is 4.72 Å². The summed E-state index contributed by atoms with van der Waals surface area (Å²) in [6.07, 6.45) is 4.12. The Labute approximate surface area is 134 Å². The van der Waals surface area contributed by atoms with Crippen molar-refractivity contribution in [2.24, 2.45) is 11.7 Å². The van der Waals surface area contributed by atoms with Gasteiger partial charge in [0.25, 0.3) is 0 Å². The highest BCUT2D eigenvalue weighted by molar-refractivity contribution is 7.89. The quantitative estimate of drug-likeness (QED) is 0.889. The van der Waals surface area contributed by atoms with Crippen molar-refractivity contribution in [2.75, 3.05) is 6.54 Å². The minimum atomic E-state index is -3.42. The van der Waals surface area contributed by atoms with Crippen LogP contribution in [0.3, 0.4) is 0 Å². The molecule has 21 heavy (non-hydrogen) atoms. The fraction of sp³-hybridized carbons (Fsp3) is 0.600. The Hall–Kier alpha value is -0.620. The van der Waals surface area contributed by atoms with Crippen LogP contribution < -0.4 is 10.5 Å². The molecule has 1 aromatic rings. The smallest absolute Gasteiger partial charge is 0.240 e. The highest BCUT2D eigenvalue weighted by atomic mass is 35.5. The number of benzene rings is 1. The van der Waals surface area contributed by atoms with Crippen LogP contribution in [-0.4, -0.2) is 21.0 Å². The van der Waals surface area contributed by atoms with Crippen LogP contribution in [0.25, 0.3) is 0 Å². The molecule has 6 heteroatoms. The molecule has 4 nitrogen and oxygen atoms in total. The third kappa shape index (κ3) is 4.95. The molecule has 1 aliphatic rings. The second-order valence-electron chi connectivity index (χ2n) is 5.91. The van der Waals surface area contributed by atoms with Gasteiger partial charge in [-0.2, -0.15) is 0 Å². The molecule has 2 unspecified atom stereocenters. The van der Waals surface area contributed by atoms with Gasteiger partial charge in [-0.1, -0.05) is 24.1 Å². The largest absolute Gasteiger partial charge is 0.328 e. The maximum atomic E-state index is 12.3. The molecular weight excluding hydrogens is 308 g/mol. The second kappa shape index (κ2) is 7.58. The molecule has 0 radical (unpaired) electrons. The molecule has 1 saturated carbocycles. The summed E-state index contributed by atoms with van der Waals surface area (Å²) in [5, 5.41) is 0. The summed E-state index contributed by atoms with van der Waals surface area (Å²) < 4.78 is 27.4. The number of halogens is 1. The van der Waals surface area contributed by atoms with E-state index in [1.165, 1.54) is 0 Å². The van der Waals surface area contributed by atoms with E-state index in [4.69, 9.17) is 5.73 Å². The highest BCUT2D eigenvalue weighted by Crippen LogP contribution is 2.23. The maximum absolute atomic E-state index is 12.3. The van der Waals surface area contributed by atoms with Gasteiger partial charge in [0.1, 0.15) is 0 Å². The first-order valence-electron chi connectivity index (χ1n) is 7.21. The molecule has 120 valence electrons. The lowest BCUT2D eigenvalue weighted by atomic mass is 9.86. The minimum Gasteiger partial charge on any atom is -0.328 e. The number of hydrogen-bond donors (Lipinski definition) is 2. The summed E-state index contributed by atoms with van der Waals surface area (Å²) in [6.45, 7) is 4.28. The second-order valence-corrected chi connectivity index (χ2v) is 7.65. The van der Waals surface area contributed by atoms with Crippen LogP contribution >= 0.6 is 12.4 Å². The standard InChI is InChI=1S/C15H24N2O2S.ClH/c1-11-6-7-15(12(2)8-11)20(18,19)17-10-13-4-3-5-14(16)9-13;/h6-8,13-14,17H,3-5,9-10,16H2,1-2H3;1H. The van der Waals surface area contributed by atoms with Crippen molar-refractivity contribution in [1.29, 1.82) is 0 Å². The van der Waals surface area contributed by atoms with Gasteiger partial charge in [0, 0.05) is 12.6 Å². The van der Waals surface area contributed by atoms with Gasteiger partial charge >= 0.3 is 0 Å². The van der Waals surface area contributed by atoms with E-state index in [0.29, 0.717) is 17.4 Å². The molecular formula is C15H25ClN2O2S. The van der Waals surface area contributed by atoms with Crippen LogP contribution in [0.4, 0.5) is 0 Å².